The first-order chi connectivity index (χ1) is 12.5. The van der Waals surface area contributed by atoms with Gasteiger partial charge in [0.2, 0.25) is 5.91 Å². The van der Waals surface area contributed by atoms with Gasteiger partial charge in [-0.25, -0.2) is 4.79 Å². The summed E-state index contributed by atoms with van der Waals surface area (Å²) >= 11 is 0. The second kappa shape index (κ2) is 5.58. The Morgan fingerprint density at radius 2 is 1.73 bits per heavy atom. The first-order valence-electron chi connectivity index (χ1n) is 10.1. The number of benzene rings is 1. The van der Waals surface area contributed by atoms with Crippen molar-refractivity contribution in [3.05, 3.63) is 35.9 Å². The van der Waals surface area contributed by atoms with Gasteiger partial charge in [0.15, 0.2) is 0 Å². The van der Waals surface area contributed by atoms with Crippen LogP contribution in [-0.4, -0.2) is 34.5 Å². The average Bonchev–Trinajstić information content (AvgIpc) is 3.10. The van der Waals surface area contributed by atoms with Crippen molar-refractivity contribution in [2.75, 3.05) is 6.54 Å². The van der Waals surface area contributed by atoms with Crippen molar-refractivity contribution >= 4 is 11.9 Å². The number of aliphatic carboxylic acids is 1. The molecule has 5 aliphatic rings. The molecule has 0 radical (unpaired) electrons. The molecule has 1 aliphatic heterocycles. The van der Waals surface area contributed by atoms with Crippen molar-refractivity contribution in [3.63, 3.8) is 0 Å². The number of carbonyl (C=O) groups excluding carboxylic acids is 1. The van der Waals surface area contributed by atoms with E-state index < -0.39 is 12.0 Å². The molecule has 6 rings (SSSR count). The fourth-order valence-corrected chi connectivity index (χ4v) is 7.21. The molecule has 1 heterocycles. The molecular formula is C22H27NO3. The van der Waals surface area contributed by atoms with E-state index in [0.29, 0.717) is 24.8 Å². The lowest BCUT2D eigenvalue weighted by atomic mass is 9.42. The van der Waals surface area contributed by atoms with E-state index in [9.17, 15) is 14.7 Å². The Bertz CT molecular complexity index is 729. The third-order valence-electron chi connectivity index (χ3n) is 7.70. The van der Waals surface area contributed by atoms with Crippen LogP contribution in [0.5, 0.6) is 0 Å². The highest BCUT2D eigenvalue weighted by molar-refractivity contribution is 5.88. The number of nitrogens with zero attached hydrogens (tertiary/aromatic N) is 1. The van der Waals surface area contributed by atoms with Gasteiger partial charge < -0.3 is 10.0 Å². The minimum Gasteiger partial charge on any atom is -0.480 e. The summed E-state index contributed by atoms with van der Waals surface area (Å²) in [5.41, 5.74) is 1.19. The standard InChI is InChI=1S/C22H27NO3/c24-19(25)18-7-4-8-23(18)20(26)22-12-15-9-16(13-22)11-21(10-15,14-22)17-5-2-1-3-6-17/h1-3,5-6,15-16,18H,4,7-14H2,(H,24,25)/t15-,16-,18-,21?,22?/m1/s1. The number of hydrogen-bond acceptors (Lipinski definition) is 2. The summed E-state index contributed by atoms with van der Waals surface area (Å²) in [6.45, 7) is 0.616. The lowest BCUT2D eigenvalue weighted by Gasteiger charge is -2.62. The van der Waals surface area contributed by atoms with Crippen LogP contribution >= 0.6 is 0 Å². The van der Waals surface area contributed by atoms with E-state index in [1.807, 2.05) is 0 Å². The van der Waals surface area contributed by atoms with Gasteiger partial charge in [-0.05, 0) is 74.2 Å². The van der Waals surface area contributed by atoms with Crippen molar-refractivity contribution in [2.45, 2.75) is 62.8 Å². The van der Waals surface area contributed by atoms with E-state index >= 15 is 0 Å². The topological polar surface area (TPSA) is 57.6 Å². The maximum atomic E-state index is 13.6. The first kappa shape index (κ1) is 16.3. The predicted molar refractivity (Wildman–Crippen MR) is 97.6 cm³/mol. The number of rotatable bonds is 3. The molecule has 1 N–H and O–H groups in total. The lowest BCUT2D eigenvalue weighted by molar-refractivity contribution is -0.165. The molecule has 0 aromatic heterocycles. The highest BCUT2D eigenvalue weighted by atomic mass is 16.4. The SMILES string of the molecule is O=C(O)[C@H]1CCCN1C(=O)C12C[C@@H]3C[C@@H](C1)CC(c1ccccc1)(C3)C2. The van der Waals surface area contributed by atoms with Crippen LogP contribution in [0, 0.1) is 17.3 Å². The van der Waals surface area contributed by atoms with Gasteiger partial charge in [0, 0.05) is 6.54 Å². The summed E-state index contributed by atoms with van der Waals surface area (Å²) in [5.74, 6) is 0.549. The zero-order chi connectivity index (χ0) is 17.9. The maximum Gasteiger partial charge on any atom is 0.326 e. The molecular weight excluding hydrogens is 326 g/mol. The molecule has 4 bridgehead atoms. The quantitative estimate of drug-likeness (QED) is 0.903. The first-order valence-corrected chi connectivity index (χ1v) is 10.1. The molecule has 4 saturated carbocycles. The van der Waals surface area contributed by atoms with Crippen LogP contribution in [0.15, 0.2) is 30.3 Å². The molecule has 4 nitrogen and oxygen atoms in total. The van der Waals surface area contributed by atoms with Gasteiger partial charge in [0.05, 0.1) is 5.41 Å². The lowest BCUT2D eigenvalue weighted by Crippen LogP contribution is -2.60. The molecule has 1 amide bonds. The predicted octanol–water partition coefficient (Wildman–Crippen LogP) is 3.60. The molecule has 0 unspecified atom stereocenters. The Kier molecular flexibility index (Phi) is 3.51. The molecule has 138 valence electrons. The zero-order valence-corrected chi connectivity index (χ0v) is 15.2. The highest BCUT2D eigenvalue weighted by Crippen LogP contribution is 2.66. The van der Waals surface area contributed by atoms with Gasteiger partial charge in [0.25, 0.3) is 0 Å². The normalized spacial score (nSPS) is 40.8. The van der Waals surface area contributed by atoms with Gasteiger partial charge >= 0.3 is 5.97 Å². The third-order valence-corrected chi connectivity index (χ3v) is 7.70. The van der Waals surface area contributed by atoms with E-state index in [2.05, 4.69) is 30.3 Å². The van der Waals surface area contributed by atoms with Gasteiger partial charge in [-0.3, -0.25) is 4.79 Å². The molecule has 3 atom stereocenters. The second-order valence-corrected chi connectivity index (χ2v) is 9.38. The molecule has 0 spiro atoms. The fraction of sp³-hybridized carbons (Fsp3) is 0.636. The van der Waals surface area contributed by atoms with Crippen molar-refractivity contribution in [1.82, 2.24) is 4.90 Å². The third kappa shape index (κ3) is 2.27. The van der Waals surface area contributed by atoms with Gasteiger partial charge in [-0.1, -0.05) is 30.3 Å². The summed E-state index contributed by atoms with van der Waals surface area (Å²) in [6, 6.07) is 10.2. The van der Waals surface area contributed by atoms with Gasteiger partial charge in [0.1, 0.15) is 6.04 Å². The number of amides is 1. The number of hydrogen-bond donors (Lipinski definition) is 1. The van der Waals surface area contributed by atoms with Crippen LogP contribution in [0.4, 0.5) is 0 Å². The molecule has 1 aromatic rings. The van der Waals surface area contributed by atoms with E-state index in [-0.39, 0.29) is 16.7 Å². The molecule has 4 heteroatoms. The second-order valence-electron chi connectivity index (χ2n) is 9.38. The molecule has 26 heavy (non-hydrogen) atoms. The molecule has 4 aliphatic carbocycles. The smallest absolute Gasteiger partial charge is 0.326 e. The van der Waals surface area contributed by atoms with Gasteiger partial charge in [-0.15, -0.1) is 0 Å². The van der Waals surface area contributed by atoms with E-state index in [1.165, 1.54) is 24.8 Å². The van der Waals surface area contributed by atoms with Crippen molar-refractivity contribution in [1.29, 1.82) is 0 Å². The Hall–Kier alpha value is -1.84. The van der Waals surface area contributed by atoms with Crippen LogP contribution < -0.4 is 0 Å². The zero-order valence-electron chi connectivity index (χ0n) is 15.2. The summed E-state index contributed by atoms with van der Waals surface area (Å²) in [6.07, 6.45) is 7.93. The molecule has 5 fully saturated rings. The number of carboxylic acid groups (broad SMARTS) is 1. The largest absolute Gasteiger partial charge is 0.480 e. The van der Waals surface area contributed by atoms with Crippen LogP contribution in [0.3, 0.4) is 0 Å². The summed E-state index contributed by atoms with van der Waals surface area (Å²) in [4.78, 5) is 27.0. The minimum absolute atomic E-state index is 0.124. The monoisotopic (exact) mass is 353 g/mol. The molecule has 1 aromatic carbocycles. The highest BCUT2D eigenvalue weighted by Gasteiger charge is 2.62. The minimum atomic E-state index is -0.835. The number of likely N-dealkylation sites (tertiary alicyclic amines) is 1. The Morgan fingerprint density at radius 1 is 1.04 bits per heavy atom. The van der Waals surface area contributed by atoms with E-state index in [0.717, 1.165) is 25.7 Å². The number of carboxylic acids is 1. The molecule has 1 saturated heterocycles. The van der Waals surface area contributed by atoms with Crippen LogP contribution in [0.1, 0.15) is 56.9 Å². The Labute approximate surface area is 154 Å². The fourth-order valence-electron chi connectivity index (χ4n) is 7.21. The van der Waals surface area contributed by atoms with Crippen molar-refractivity contribution in [2.24, 2.45) is 17.3 Å². The van der Waals surface area contributed by atoms with Gasteiger partial charge in [-0.2, -0.15) is 0 Å². The van der Waals surface area contributed by atoms with E-state index in [1.54, 1.807) is 4.90 Å². The maximum absolute atomic E-state index is 13.6. The van der Waals surface area contributed by atoms with Crippen LogP contribution in [0.2, 0.25) is 0 Å². The average molecular weight is 353 g/mol. The van der Waals surface area contributed by atoms with Crippen molar-refractivity contribution in [3.8, 4) is 0 Å². The van der Waals surface area contributed by atoms with Crippen molar-refractivity contribution < 1.29 is 14.7 Å². The van der Waals surface area contributed by atoms with Crippen LogP contribution in [0.25, 0.3) is 0 Å². The van der Waals surface area contributed by atoms with E-state index in [4.69, 9.17) is 0 Å². The Morgan fingerprint density at radius 3 is 2.38 bits per heavy atom. The van der Waals surface area contributed by atoms with Crippen LogP contribution in [-0.2, 0) is 15.0 Å². The summed E-state index contributed by atoms with van der Waals surface area (Å²) in [7, 11) is 0. The number of carbonyl (C=O) groups is 2. The summed E-state index contributed by atoms with van der Waals surface area (Å²) < 4.78 is 0. The summed E-state index contributed by atoms with van der Waals surface area (Å²) in [5, 5.41) is 9.55. The Balaban J connectivity index is 1.51.